The molecule has 1 radical (unpaired) electrons. The quantitative estimate of drug-likeness (QED) is 0.697. The maximum Gasteiger partial charge on any atom is -0.00229 e. The van der Waals surface area contributed by atoms with E-state index in [4.69, 9.17) is 0 Å². The maximum atomic E-state index is 2.20. The van der Waals surface area contributed by atoms with Gasteiger partial charge in [-0.25, -0.2) is 0 Å². The van der Waals surface area contributed by atoms with Gasteiger partial charge in [0.25, 0.3) is 0 Å². The lowest BCUT2D eigenvalue weighted by molar-refractivity contribution is 1.16. The average molecular weight is 195 g/mol. The van der Waals surface area contributed by atoms with Crippen LogP contribution in [0, 0.1) is 6.42 Å². The second-order valence-corrected chi connectivity index (χ2v) is 3.65. The Bertz CT molecular complexity index is 415. The normalized spacial score (nSPS) is 10.2. The molecule has 0 fully saturated rings. The van der Waals surface area contributed by atoms with Crippen molar-refractivity contribution in [2.75, 3.05) is 0 Å². The minimum atomic E-state index is 1.02. The van der Waals surface area contributed by atoms with Crippen LogP contribution in [0.5, 0.6) is 0 Å². The monoisotopic (exact) mass is 195 g/mol. The van der Waals surface area contributed by atoms with Crippen LogP contribution < -0.4 is 0 Å². The molecule has 2 aromatic carbocycles. The highest BCUT2D eigenvalue weighted by atomic mass is 14.0. The molecule has 0 aliphatic carbocycles. The summed E-state index contributed by atoms with van der Waals surface area (Å²) in [6.45, 7) is 2.09. The first kappa shape index (κ1) is 9.97. The van der Waals surface area contributed by atoms with Crippen LogP contribution >= 0.6 is 0 Å². The molecule has 2 aromatic rings. The third kappa shape index (κ3) is 2.47. The van der Waals surface area contributed by atoms with Gasteiger partial charge in [-0.1, -0.05) is 61.5 Å². The third-order valence-corrected chi connectivity index (χ3v) is 2.60. The van der Waals surface area contributed by atoms with Gasteiger partial charge in [0, 0.05) is 0 Å². The fraction of sp³-hybridized carbons (Fsp3) is 0.133. The highest BCUT2D eigenvalue weighted by Crippen LogP contribution is 2.15. The zero-order chi connectivity index (χ0) is 10.5. The van der Waals surface area contributed by atoms with E-state index in [9.17, 15) is 0 Å². The van der Waals surface area contributed by atoms with E-state index >= 15 is 0 Å². The molecule has 0 aliphatic rings. The lowest BCUT2D eigenvalue weighted by Crippen LogP contribution is -1.92. The van der Waals surface area contributed by atoms with Crippen molar-refractivity contribution >= 4 is 0 Å². The molecule has 2 rings (SSSR count). The van der Waals surface area contributed by atoms with Gasteiger partial charge in [-0.15, -0.1) is 0 Å². The second-order valence-electron chi connectivity index (χ2n) is 3.65. The maximum absolute atomic E-state index is 2.20. The van der Waals surface area contributed by atoms with Crippen molar-refractivity contribution in [3.05, 3.63) is 77.7 Å². The first-order chi connectivity index (χ1) is 7.40. The molecule has 0 aromatic heterocycles. The SMILES string of the molecule is C[CH]c1ccccc1Cc1ccccc1. The fourth-order valence-corrected chi connectivity index (χ4v) is 1.79. The van der Waals surface area contributed by atoms with Crippen molar-refractivity contribution in [1.29, 1.82) is 0 Å². The highest BCUT2D eigenvalue weighted by molar-refractivity contribution is 5.36. The van der Waals surface area contributed by atoms with E-state index in [1.807, 2.05) is 0 Å². The van der Waals surface area contributed by atoms with Crippen LogP contribution in [-0.4, -0.2) is 0 Å². The Kier molecular flexibility index (Phi) is 3.18. The van der Waals surface area contributed by atoms with Crippen molar-refractivity contribution in [2.24, 2.45) is 0 Å². The van der Waals surface area contributed by atoms with Crippen LogP contribution in [0.15, 0.2) is 54.6 Å². The molecule has 0 saturated heterocycles. The van der Waals surface area contributed by atoms with Crippen molar-refractivity contribution in [1.82, 2.24) is 0 Å². The standard InChI is InChI=1S/C15H15/c1-2-14-10-6-7-11-15(14)12-13-8-4-3-5-9-13/h2-11H,12H2,1H3. The highest BCUT2D eigenvalue weighted by Gasteiger charge is 2.00. The van der Waals surface area contributed by atoms with Gasteiger partial charge >= 0.3 is 0 Å². The molecule has 0 atom stereocenters. The predicted octanol–water partition coefficient (Wildman–Crippen LogP) is 3.85. The Morgan fingerprint density at radius 2 is 1.53 bits per heavy atom. The Labute approximate surface area is 91.6 Å². The van der Waals surface area contributed by atoms with Crippen LogP contribution in [0.1, 0.15) is 23.6 Å². The fourth-order valence-electron chi connectivity index (χ4n) is 1.79. The number of benzene rings is 2. The predicted molar refractivity (Wildman–Crippen MR) is 64.8 cm³/mol. The van der Waals surface area contributed by atoms with E-state index in [1.54, 1.807) is 0 Å². The van der Waals surface area contributed by atoms with Crippen molar-refractivity contribution in [3.63, 3.8) is 0 Å². The molecule has 0 nitrogen and oxygen atoms in total. The smallest absolute Gasteiger partial charge is 0.00229 e. The van der Waals surface area contributed by atoms with Crippen molar-refractivity contribution in [3.8, 4) is 0 Å². The third-order valence-electron chi connectivity index (χ3n) is 2.60. The minimum absolute atomic E-state index is 1.02. The largest absolute Gasteiger partial charge is 0.0622 e. The van der Waals surface area contributed by atoms with Crippen LogP contribution in [0.3, 0.4) is 0 Å². The van der Waals surface area contributed by atoms with E-state index in [0.29, 0.717) is 0 Å². The van der Waals surface area contributed by atoms with Gasteiger partial charge in [0.15, 0.2) is 0 Å². The lowest BCUT2D eigenvalue weighted by atomic mass is 9.98. The Balaban J connectivity index is 2.24. The molecule has 0 aliphatic heterocycles. The van der Waals surface area contributed by atoms with Crippen LogP contribution in [0.2, 0.25) is 0 Å². The average Bonchev–Trinajstić information content (AvgIpc) is 2.31. The molecule has 75 valence electrons. The van der Waals surface area contributed by atoms with Crippen LogP contribution in [0.25, 0.3) is 0 Å². The van der Waals surface area contributed by atoms with Crippen molar-refractivity contribution < 1.29 is 0 Å². The first-order valence-electron chi connectivity index (χ1n) is 5.31. The summed E-state index contributed by atoms with van der Waals surface area (Å²) in [7, 11) is 0. The molecule has 0 spiro atoms. The van der Waals surface area contributed by atoms with Crippen molar-refractivity contribution in [2.45, 2.75) is 13.3 Å². The molecular weight excluding hydrogens is 180 g/mol. The lowest BCUT2D eigenvalue weighted by Gasteiger charge is -2.07. The minimum Gasteiger partial charge on any atom is -0.0622 e. The molecule has 0 saturated carbocycles. The summed E-state index contributed by atoms with van der Waals surface area (Å²) in [5, 5.41) is 0. The number of hydrogen-bond acceptors (Lipinski definition) is 0. The zero-order valence-electron chi connectivity index (χ0n) is 8.98. The van der Waals surface area contributed by atoms with Gasteiger partial charge in [-0.05, 0) is 29.5 Å². The van der Waals surface area contributed by atoms with E-state index in [0.717, 1.165) is 6.42 Å². The summed E-state index contributed by atoms with van der Waals surface area (Å²) in [5.74, 6) is 0. The van der Waals surface area contributed by atoms with Crippen LogP contribution in [-0.2, 0) is 6.42 Å². The number of rotatable bonds is 3. The van der Waals surface area contributed by atoms with Gasteiger partial charge in [0.1, 0.15) is 0 Å². The second kappa shape index (κ2) is 4.79. The van der Waals surface area contributed by atoms with Gasteiger partial charge in [0.2, 0.25) is 0 Å². The van der Waals surface area contributed by atoms with Gasteiger partial charge < -0.3 is 0 Å². The Morgan fingerprint density at radius 1 is 0.867 bits per heavy atom. The molecule has 0 heterocycles. The van der Waals surface area contributed by atoms with Gasteiger partial charge in [0.05, 0.1) is 0 Å². The first-order valence-corrected chi connectivity index (χ1v) is 5.31. The molecule has 0 N–H and O–H groups in total. The molecule has 15 heavy (non-hydrogen) atoms. The molecule has 0 unspecified atom stereocenters. The summed E-state index contributed by atoms with van der Waals surface area (Å²) < 4.78 is 0. The topological polar surface area (TPSA) is 0 Å². The van der Waals surface area contributed by atoms with Gasteiger partial charge in [-0.2, -0.15) is 0 Å². The van der Waals surface area contributed by atoms with Gasteiger partial charge in [-0.3, -0.25) is 0 Å². The summed E-state index contributed by atoms with van der Waals surface area (Å²) in [6.07, 6.45) is 3.18. The van der Waals surface area contributed by atoms with E-state index < -0.39 is 0 Å². The summed E-state index contributed by atoms with van der Waals surface area (Å²) >= 11 is 0. The molecule has 0 heteroatoms. The summed E-state index contributed by atoms with van der Waals surface area (Å²) in [5.41, 5.74) is 4.10. The zero-order valence-corrected chi connectivity index (χ0v) is 8.98. The summed E-state index contributed by atoms with van der Waals surface area (Å²) in [6, 6.07) is 19.1. The van der Waals surface area contributed by atoms with E-state index in [-0.39, 0.29) is 0 Å². The van der Waals surface area contributed by atoms with E-state index in [2.05, 4.69) is 67.9 Å². The molecule has 0 amide bonds. The molecule has 0 bridgehead atoms. The number of hydrogen-bond donors (Lipinski definition) is 0. The molecular formula is C15H15. The Hall–Kier alpha value is -1.56. The van der Waals surface area contributed by atoms with E-state index in [1.165, 1.54) is 16.7 Å². The van der Waals surface area contributed by atoms with Crippen LogP contribution in [0.4, 0.5) is 0 Å². The summed E-state index contributed by atoms with van der Waals surface area (Å²) in [4.78, 5) is 0. The Morgan fingerprint density at radius 3 is 2.27 bits per heavy atom.